The zero-order valence-corrected chi connectivity index (χ0v) is 43.0. The summed E-state index contributed by atoms with van der Waals surface area (Å²) >= 11 is 35.7. The largest absolute Gasteiger partial charge is 0.480 e. The average molecular weight is 1060 g/mol. The van der Waals surface area contributed by atoms with E-state index < -0.39 is 35.8 Å². The molecule has 0 aliphatic rings. The lowest BCUT2D eigenvalue weighted by molar-refractivity contribution is -0.142. The molecule has 366 valence electrons. The predicted molar refractivity (Wildman–Crippen MR) is 294 cm³/mol. The summed E-state index contributed by atoms with van der Waals surface area (Å²) in [6.07, 6.45) is 2.19. The SMILES string of the molecule is C.CCc1cccc(C)c1C(=S)NC(Cc1ccc(NC(=O)c2c(Cl)cccc2Cl)cc1)C(=O)O.CCc1cccc(C)c1C(=S)NC(Cc1ccc(NC(=O)c2c(Cl)cccc2Cl)cc1)C(=O)OC. The van der Waals surface area contributed by atoms with Crippen molar-refractivity contribution >= 4 is 116 Å². The minimum Gasteiger partial charge on any atom is -0.480 e. The van der Waals surface area contributed by atoms with Gasteiger partial charge in [-0.25, -0.2) is 9.59 Å². The smallest absolute Gasteiger partial charge is 0.328 e. The fraction of sp³-hybridized carbons (Fsp3) is 0.222. The second kappa shape index (κ2) is 26.9. The van der Waals surface area contributed by atoms with E-state index in [2.05, 4.69) is 28.2 Å². The summed E-state index contributed by atoms with van der Waals surface area (Å²) in [5, 5.41) is 22.6. The number of carbonyl (C=O) groups is 4. The van der Waals surface area contributed by atoms with Crippen molar-refractivity contribution in [2.45, 2.75) is 72.9 Å². The summed E-state index contributed by atoms with van der Waals surface area (Å²) < 4.78 is 5.01. The number of aliphatic carboxylic acids is 1. The molecule has 0 radical (unpaired) electrons. The predicted octanol–water partition coefficient (Wildman–Crippen LogP) is 12.9. The molecule has 0 aliphatic carbocycles. The number of halogens is 4. The molecule has 6 aromatic rings. The number of ether oxygens (including phenoxy) is 1. The Bertz CT molecular complexity index is 2820. The van der Waals surface area contributed by atoms with Crippen LogP contribution >= 0.6 is 70.8 Å². The molecule has 0 heterocycles. The number of carboxylic acid groups (broad SMARTS) is 1. The second-order valence-electron chi connectivity index (χ2n) is 15.7. The first-order valence-corrected chi connectivity index (χ1v) is 24.1. The number of aryl methyl sites for hydroxylation is 4. The zero-order chi connectivity index (χ0) is 50.4. The summed E-state index contributed by atoms with van der Waals surface area (Å²) in [7, 11) is 1.35. The highest BCUT2D eigenvalue weighted by atomic mass is 35.5. The highest BCUT2D eigenvalue weighted by Gasteiger charge is 2.24. The maximum Gasteiger partial charge on any atom is 0.328 e. The van der Waals surface area contributed by atoms with Crippen LogP contribution in [0.4, 0.5) is 11.4 Å². The van der Waals surface area contributed by atoms with E-state index in [0.29, 0.717) is 27.8 Å². The normalized spacial score (nSPS) is 11.3. The van der Waals surface area contributed by atoms with Crippen LogP contribution in [0.5, 0.6) is 0 Å². The third-order valence-corrected chi connectivity index (χ3v) is 12.9. The van der Waals surface area contributed by atoms with Gasteiger partial charge in [0.1, 0.15) is 22.1 Å². The topological polar surface area (TPSA) is 146 Å². The van der Waals surface area contributed by atoms with Gasteiger partial charge in [0.25, 0.3) is 11.8 Å². The molecular formula is C54H54Cl4N4O6S2. The molecule has 6 rings (SSSR count). The Morgan fingerprint density at radius 3 is 1.23 bits per heavy atom. The van der Waals surface area contributed by atoms with Crippen molar-refractivity contribution in [3.8, 4) is 0 Å². The maximum absolute atomic E-state index is 12.6. The number of hydrogen-bond acceptors (Lipinski definition) is 7. The van der Waals surface area contributed by atoms with Crippen molar-refractivity contribution in [1.82, 2.24) is 10.6 Å². The Labute approximate surface area is 440 Å². The molecule has 2 atom stereocenters. The molecule has 0 aliphatic heterocycles. The van der Waals surface area contributed by atoms with E-state index in [-0.39, 0.29) is 45.1 Å². The van der Waals surface area contributed by atoms with Gasteiger partial charge in [0.15, 0.2) is 0 Å². The molecule has 0 saturated heterocycles. The average Bonchev–Trinajstić information content (AvgIpc) is 3.31. The van der Waals surface area contributed by atoms with Crippen LogP contribution < -0.4 is 21.3 Å². The lowest BCUT2D eigenvalue weighted by Gasteiger charge is -2.21. The Morgan fingerprint density at radius 1 is 0.543 bits per heavy atom. The van der Waals surface area contributed by atoms with E-state index in [0.717, 1.165) is 57.3 Å². The Kier molecular flexibility index (Phi) is 21.8. The highest BCUT2D eigenvalue weighted by molar-refractivity contribution is 7.81. The lowest BCUT2D eigenvalue weighted by atomic mass is 9.99. The van der Waals surface area contributed by atoms with Crippen molar-refractivity contribution in [3.63, 3.8) is 0 Å². The Morgan fingerprint density at radius 2 is 0.886 bits per heavy atom. The summed E-state index contributed by atoms with van der Waals surface area (Å²) in [4.78, 5) is 50.6. The minimum absolute atomic E-state index is 0. The van der Waals surface area contributed by atoms with Gasteiger partial charge in [0.2, 0.25) is 0 Å². The Balaban J connectivity index is 0.000000300. The van der Waals surface area contributed by atoms with E-state index in [1.807, 2.05) is 69.3 Å². The third kappa shape index (κ3) is 15.1. The molecule has 5 N–H and O–H groups in total. The van der Waals surface area contributed by atoms with Crippen LogP contribution in [0.15, 0.2) is 121 Å². The number of hydrogen-bond donors (Lipinski definition) is 5. The summed E-state index contributed by atoms with van der Waals surface area (Å²) in [5.41, 5.74) is 9.20. The van der Waals surface area contributed by atoms with Crippen LogP contribution in [-0.4, -0.2) is 58.0 Å². The van der Waals surface area contributed by atoms with Crippen LogP contribution in [-0.2, 0) is 40.0 Å². The summed E-state index contributed by atoms with van der Waals surface area (Å²) in [6, 6.07) is 34.2. The van der Waals surface area contributed by atoms with Crippen molar-refractivity contribution in [2.24, 2.45) is 0 Å². The number of amides is 2. The number of methoxy groups -OCH3 is 1. The van der Waals surface area contributed by atoms with E-state index >= 15 is 0 Å². The van der Waals surface area contributed by atoms with Crippen LogP contribution in [0.1, 0.15) is 86.5 Å². The number of carboxylic acids is 1. The van der Waals surface area contributed by atoms with Gasteiger partial charge in [-0.05, 0) is 109 Å². The minimum atomic E-state index is -1.00. The van der Waals surface area contributed by atoms with E-state index in [9.17, 15) is 24.3 Å². The number of carbonyl (C=O) groups excluding carboxylic acids is 3. The summed E-state index contributed by atoms with van der Waals surface area (Å²) in [6.45, 7) is 8.06. The molecule has 0 spiro atoms. The standard InChI is InChI=1S/C27H26Cl2N2O3S.C26H24Cl2N2O3S.CH4/c1-4-18-8-5-7-16(2)23(18)26(35)31-22(27(33)34-3)15-17-11-13-19(14-12-17)30-25(32)24-20(28)9-6-10-21(24)29;1-3-17-7-4-6-15(2)22(17)25(34)30-21(26(32)33)14-16-10-12-18(13-11-16)29-24(31)23-19(27)8-5-9-20(23)28;/h5-14,22H,4,15H2,1-3H3,(H,30,32)(H,31,35);4-13,21H,3,14H2,1-2H3,(H,29,31)(H,30,34)(H,32,33);1H4. The van der Waals surface area contributed by atoms with Gasteiger partial charge in [-0.2, -0.15) is 0 Å². The van der Waals surface area contributed by atoms with E-state index in [1.165, 1.54) is 7.11 Å². The van der Waals surface area contributed by atoms with Crippen molar-refractivity contribution in [2.75, 3.05) is 17.7 Å². The van der Waals surface area contributed by atoms with Gasteiger partial charge in [0.05, 0.1) is 38.3 Å². The molecule has 70 heavy (non-hydrogen) atoms. The number of benzene rings is 6. The van der Waals surface area contributed by atoms with E-state index in [4.69, 9.17) is 75.6 Å². The van der Waals surface area contributed by atoms with Crippen LogP contribution in [0.2, 0.25) is 20.1 Å². The number of rotatable bonds is 16. The molecular weight excluding hydrogens is 1010 g/mol. The van der Waals surface area contributed by atoms with Crippen molar-refractivity contribution in [1.29, 1.82) is 0 Å². The van der Waals surface area contributed by atoms with Gasteiger partial charge in [0, 0.05) is 35.3 Å². The monoisotopic (exact) mass is 1060 g/mol. The first-order chi connectivity index (χ1) is 32.9. The first-order valence-electron chi connectivity index (χ1n) is 21.7. The highest BCUT2D eigenvalue weighted by Crippen LogP contribution is 2.27. The molecule has 2 unspecified atom stereocenters. The number of nitrogens with one attached hydrogen (secondary N) is 4. The summed E-state index contributed by atoms with van der Waals surface area (Å²) in [5.74, 6) is -2.24. The van der Waals surface area contributed by atoms with Crippen LogP contribution in [0.25, 0.3) is 0 Å². The third-order valence-electron chi connectivity index (χ3n) is 11.0. The zero-order valence-electron chi connectivity index (χ0n) is 38.3. The van der Waals surface area contributed by atoms with Gasteiger partial charge in [-0.3, -0.25) is 9.59 Å². The van der Waals surface area contributed by atoms with Gasteiger partial charge < -0.3 is 31.1 Å². The fourth-order valence-corrected chi connectivity index (χ4v) is 9.44. The molecule has 0 fully saturated rings. The quantitative estimate of drug-likeness (QED) is 0.0469. The van der Waals surface area contributed by atoms with Crippen molar-refractivity contribution < 1.29 is 29.0 Å². The van der Waals surface area contributed by atoms with Crippen molar-refractivity contribution in [3.05, 3.63) is 197 Å². The Hall–Kier alpha value is -5.86. The second-order valence-corrected chi connectivity index (χ2v) is 18.2. The molecule has 0 saturated carbocycles. The van der Waals surface area contributed by atoms with E-state index in [1.54, 1.807) is 72.8 Å². The molecule has 2 amide bonds. The van der Waals surface area contributed by atoms with Gasteiger partial charge >= 0.3 is 11.9 Å². The van der Waals surface area contributed by atoms with Gasteiger partial charge in [-0.1, -0.05) is 165 Å². The van der Waals surface area contributed by atoms with Gasteiger partial charge in [-0.15, -0.1) is 0 Å². The maximum atomic E-state index is 12.6. The number of thiocarbonyl (C=S) groups is 2. The van der Waals surface area contributed by atoms with Crippen LogP contribution in [0, 0.1) is 13.8 Å². The molecule has 16 heteroatoms. The number of anilines is 2. The lowest BCUT2D eigenvalue weighted by Crippen LogP contribution is -2.43. The molecule has 0 aromatic heterocycles. The number of esters is 1. The first kappa shape index (κ1) is 56.7. The molecule has 10 nitrogen and oxygen atoms in total. The fourth-order valence-electron chi connectivity index (χ4n) is 7.43. The van der Waals surface area contributed by atoms with Crippen LogP contribution in [0.3, 0.4) is 0 Å². The molecule has 6 aromatic carbocycles. The molecule has 0 bridgehead atoms.